The van der Waals surface area contributed by atoms with Crippen LogP contribution in [0.5, 0.6) is 17.2 Å². The van der Waals surface area contributed by atoms with Crippen LogP contribution in [-0.2, 0) is 6.42 Å². The molecule has 0 aliphatic carbocycles. The van der Waals surface area contributed by atoms with E-state index in [2.05, 4.69) is 0 Å². The van der Waals surface area contributed by atoms with E-state index in [4.69, 9.17) is 0 Å². The van der Waals surface area contributed by atoms with Gasteiger partial charge in [0.25, 0.3) is 0 Å². The lowest BCUT2D eigenvalue weighted by Crippen LogP contribution is -2.01. The van der Waals surface area contributed by atoms with Gasteiger partial charge in [-0.25, -0.2) is 0 Å². The maximum absolute atomic E-state index is 12.0. The van der Waals surface area contributed by atoms with E-state index < -0.39 is 5.75 Å². The average molecular weight is 280 g/mol. The lowest BCUT2D eigenvalue weighted by molar-refractivity contribution is 0.0975. The highest BCUT2D eigenvalue weighted by Gasteiger charge is 2.20. The van der Waals surface area contributed by atoms with Crippen molar-refractivity contribution >= 4 is 5.78 Å². The van der Waals surface area contributed by atoms with Gasteiger partial charge in [-0.3, -0.25) is 4.79 Å². The van der Waals surface area contributed by atoms with Crippen LogP contribution in [0.15, 0.2) is 6.07 Å². The van der Waals surface area contributed by atoms with E-state index in [9.17, 15) is 20.1 Å². The fourth-order valence-electron chi connectivity index (χ4n) is 2.17. The van der Waals surface area contributed by atoms with Gasteiger partial charge in [0.1, 0.15) is 5.75 Å². The molecule has 1 aromatic rings. The molecule has 0 saturated heterocycles. The van der Waals surface area contributed by atoms with E-state index in [0.29, 0.717) is 18.4 Å². The number of Topliss-reactive ketones (excluding diaryl/α,β-unsaturated/α-hetero) is 1. The number of ketones is 1. The van der Waals surface area contributed by atoms with Crippen molar-refractivity contribution in [3.63, 3.8) is 0 Å². The van der Waals surface area contributed by atoms with Crippen molar-refractivity contribution in [1.82, 2.24) is 0 Å². The van der Waals surface area contributed by atoms with Gasteiger partial charge in [-0.2, -0.15) is 0 Å². The molecule has 0 saturated carbocycles. The van der Waals surface area contributed by atoms with Crippen LogP contribution in [0.4, 0.5) is 0 Å². The second-order valence-corrected chi connectivity index (χ2v) is 5.10. The van der Waals surface area contributed by atoms with Gasteiger partial charge in [-0.1, -0.05) is 33.1 Å². The zero-order valence-electron chi connectivity index (χ0n) is 12.3. The average Bonchev–Trinajstić information content (AvgIpc) is 2.43. The second-order valence-electron chi connectivity index (χ2n) is 5.10. The van der Waals surface area contributed by atoms with Crippen LogP contribution in [0, 0.1) is 0 Å². The Bertz CT molecular complexity index is 466. The normalized spacial score (nSPS) is 10.7. The maximum atomic E-state index is 12.0. The van der Waals surface area contributed by atoms with Crippen LogP contribution in [0.3, 0.4) is 0 Å². The number of benzene rings is 1. The molecule has 1 rings (SSSR count). The Labute approximate surface area is 120 Å². The molecule has 0 aliphatic heterocycles. The second kappa shape index (κ2) is 7.78. The number of rotatable bonds is 8. The number of hydrogen-bond acceptors (Lipinski definition) is 4. The summed E-state index contributed by atoms with van der Waals surface area (Å²) < 4.78 is 0. The van der Waals surface area contributed by atoms with E-state index in [-0.39, 0.29) is 22.8 Å². The topological polar surface area (TPSA) is 77.8 Å². The first-order chi connectivity index (χ1) is 9.52. The predicted octanol–water partition coefficient (Wildman–Crippen LogP) is 3.91. The molecule has 4 nitrogen and oxygen atoms in total. The van der Waals surface area contributed by atoms with Gasteiger partial charge in [-0.05, 0) is 25.3 Å². The van der Waals surface area contributed by atoms with E-state index in [1.165, 1.54) is 6.07 Å². The molecule has 0 fully saturated rings. The fourth-order valence-corrected chi connectivity index (χ4v) is 2.17. The van der Waals surface area contributed by atoms with Gasteiger partial charge < -0.3 is 15.3 Å². The quantitative estimate of drug-likeness (QED) is 0.292. The Morgan fingerprint density at radius 1 is 1.00 bits per heavy atom. The van der Waals surface area contributed by atoms with Crippen molar-refractivity contribution in [1.29, 1.82) is 0 Å². The van der Waals surface area contributed by atoms with E-state index in [0.717, 1.165) is 32.1 Å². The first-order valence-electron chi connectivity index (χ1n) is 7.32. The van der Waals surface area contributed by atoms with Crippen molar-refractivity contribution in [2.24, 2.45) is 0 Å². The number of aromatic hydroxyl groups is 3. The summed E-state index contributed by atoms with van der Waals surface area (Å²) in [7, 11) is 0. The highest BCUT2D eigenvalue weighted by molar-refractivity contribution is 6.00. The molecule has 4 heteroatoms. The lowest BCUT2D eigenvalue weighted by atomic mass is 9.98. The van der Waals surface area contributed by atoms with Crippen LogP contribution < -0.4 is 0 Å². The molecule has 0 atom stereocenters. The number of hydrogen-bond donors (Lipinski definition) is 3. The predicted molar refractivity (Wildman–Crippen MR) is 78.5 cm³/mol. The minimum atomic E-state index is -0.407. The first-order valence-corrected chi connectivity index (χ1v) is 7.32. The smallest absolute Gasteiger partial charge is 0.169 e. The maximum Gasteiger partial charge on any atom is 0.169 e. The molecular weight excluding hydrogens is 256 g/mol. The molecular formula is C16H24O4. The third-order valence-corrected chi connectivity index (χ3v) is 3.44. The third-order valence-electron chi connectivity index (χ3n) is 3.44. The zero-order chi connectivity index (χ0) is 15.1. The van der Waals surface area contributed by atoms with E-state index in [1.807, 2.05) is 13.8 Å². The van der Waals surface area contributed by atoms with Gasteiger partial charge in [0.2, 0.25) is 0 Å². The summed E-state index contributed by atoms with van der Waals surface area (Å²) in [6, 6.07) is 1.27. The van der Waals surface area contributed by atoms with Crippen molar-refractivity contribution in [3.05, 3.63) is 17.2 Å². The van der Waals surface area contributed by atoms with Gasteiger partial charge in [0.15, 0.2) is 17.3 Å². The largest absolute Gasteiger partial charge is 0.508 e. The third kappa shape index (κ3) is 3.89. The van der Waals surface area contributed by atoms with Gasteiger partial charge in [0, 0.05) is 12.0 Å². The molecule has 0 heterocycles. The van der Waals surface area contributed by atoms with Crippen molar-refractivity contribution in [3.8, 4) is 17.2 Å². The molecule has 1 aromatic carbocycles. The summed E-state index contributed by atoms with van der Waals surface area (Å²) in [5.41, 5.74) is 0.325. The zero-order valence-corrected chi connectivity index (χ0v) is 12.3. The summed E-state index contributed by atoms with van der Waals surface area (Å²) in [6.07, 6.45) is 5.20. The molecule has 0 bridgehead atoms. The molecule has 0 radical (unpaired) electrons. The lowest BCUT2D eigenvalue weighted by Gasteiger charge is -2.12. The number of carbonyl (C=O) groups excluding carboxylic acids is 1. The molecule has 0 aromatic heterocycles. The Morgan fingerprint density at radius 2 is 1.65 bits per heavy atom. The first kappa shape index (κ1) is 16.3. The summed E-state index contributed by atoms with van der Waals surface area (Å²) in [5, 5.41) is 29.8. The Hall–Kier alpha value is -1.71. The van der Waals surface area contributed by atoms with Gasteiger partial charge in [-0.15, -0.1) is 0 Å². The van der Waals surface area contributed by atoms with Crippen LogP contribution in [0.2, 0.25) is 0 Å². The molecule has 20 heavy (non-hydrogen) atoms. The summed E-state index contributed by atoms with van der Waals surface area (Å²) in [5.74, 6) is -1.14. The van der Waals surface area contributed by atoms with Crippen LogP contribution >= 0.6 is 0 Å². The number of phenols is 3. The minimum absolute atomic E-state index is 0.0105. The van der Waals surface area contributed by atoms with Crippen LogP contribution in [-0.4, -0.2) is 21.1 Å². The fraction of sp³-hybridized carbons (Fsp3) is 0.562. The monoisotopic (exact) mass is 280 g/mol. The van der Waals surface area contributed by atoms with Crippen molar-refractivity contribution in [2.45, 2.75) is 58.8 Å². The summed E-state index contributed by atoms with van der Waals surface area (Å²) >= 11 is 0. The summed E-state index contributed by atoms with van der Waals surface area (Å²) in [6.45, 7) is 4.04. The summed E-state index contributed by atoms with van der Waals surface area (Å²) in [4.78, 5) is 12.0. The SMILES string of the molecule is CCCCCC(=O)c1cc(O)c(CCCC)c(O)c1O. The molecule has 0 spiro atoms. The number of phenolic OH excluding ortho intramolecular Hbond substituents is 3. The van der Waals surface area contributed by atoms with Gasteiger partial charge in [0.05, 0.1) is 5.56 Å². The Kier molecular flexibility index (Phi) is 6.36. The minimum Gasteiger partial charge on any atom is -0.508 e. The highest BCUT2D eigenvalue weighted by Crippen LogP contribution is 2.40. The standard InChI is InChI=1S/C16H24O4/c1-3-5-7-9-13(17)12-10-14(18)11(8-6-4-2)15(19)16(12)20/h10,18-20H,3-9H2,1-2H3. The van der Waals surface area contributed by atoms with Crippen molar-refractivity contribution in [2.75, 3.05) is 0 Å². The molecule has 0 unspecified atom stereocenters. The number of carbonyl (C=O) groups is 1. The Morgan fingerprint density at radius 3 is 2.25 bits per heavy atom. The molecule has 3 N–H and O–H groups in total. The van der Waals surface area contributed by atoms with E-state index in [1.54, 1.807) is 0 Å². The highest BCUT2D eigenvalue weighted by atomic mass is 16.3. The van der Waals surface area contributed by atoms with E-state index >= 15 is 0 Å². The molecule has 0 amide bonds. The molecule has 0 aliphatic rings. The number of unbranched alkanes of at least 4 members (excludes halogenated alkanes) is 3. The molecule has 112 valence electrons. The Balaban J connectivity index is 2.96. The van der Waals surface area contributed by atoms with Crippen LogP contribution in [0.1, 0.15) is 68.3 Å². The van der Waals surface area contributed by atoms with Crippen LogP contribution in [0.25, 0.3) is 0 Å². The van der Waals surface area contributed by atoms with Crippen molar-refractivity contribution < 1.29 is 20.1 Å². The van der Waals surface area contributed by atoms with Gasteiger partial charge >= 0.3 is 0 Å².